The average Bonchev–Trinajstić information content (AvgIpc) is 3.17. The van der Waals surface area contributed by atoms with E-state index in [9.17, 15) is 4.79 Å². The molecule has 4 heterocycles. The zero-order chi connectivity index (χ0) is 19.5. The number of rotatable bonds is 5. The maximum Gasteiger partial charge on any atom is 0.255 e. The Balaban J connectivity index is 1.42. The number of carbonyl (C=O) groups is 1. The van der Waals surface area contributed by atoms with Gasteiger partial charge in [-0.3, -0.25) is 14.7 Å². The molecule has 2 aliphatic rings. The molecule has 1 amide bonds. The topological polar surface area (TPSA) is 71.7 Å². The first-order chi connectivity index (χ1) is 13.7. The number of aryl methyl sites for hydroxylation is 1. The fraction of sp³-hybridized carbons (Fsp3) is 0.524. The Morgan fingerprint density at radius 1 is 1.39 bits per heavy atom. The van der Waals surface area contributed by atoms with Gasteiger partial charge >= 0.3 is 0 Å². The smallest absolute Gasteiger partial charge is 0.255 e. The minimum atomic E-state index is -0.0470. The molecule has 0 aliphatic carbocycles. The molecule has 150 valence electrons. The van der Waals surface area contributed by atoms with Gasteiger partial charge < -0.3 is 15.4 Å². The van der Waals surface area contributed by atoms with Gasteiger partial charge in [0.2, 0.25) is 0 Å². The first kappa shape index (κ1) is 19.5. The summed E-state index contributed by atoms with van der Waals surface area (Å²) in [5.74, 6) is 0.129. The first-order valence-electron chi connectivity index (χ1n) is 10.0. The third-order valence-corrected chi connectivity index (χ3v) is 6.64. The van der Waals surface area contributed by atoms with Crippen LogP contribution in [0.2, 0.25) is 0 Å². The predicted molar refractivity (Wildman–Crippen MR) is 110 cm³/mol. The van der Waals surface area contributed by atoms with E-state index >= 15 is 0 Å². The van der Waals surface area contributed by atoms with Crippen molar-refractivity contribution < 1.29 is 9.53 Å². The molecule has 28 heavy (non-hydrogen) atoms. The quantitative estimate of drug-likeness (QED) is 0.832. The summed E-state index contributed by atoms with van der Waals surface area (Å²) in [4.78, 5) is 23.3. The summed E-state index contributed by atoms with van der Waals surface area (Å²) < 4.78 is 5.59. The third-order valence-electron chi connectivity index (χ3n) is 5.63. The number of nitrogens with zero attached hydrogens (tertiary/aromatic N) is 3. The van der Waals surface area contributed by atoms with Crippen LogP contribution in [-0.2, 0) is 30.7 Å². The van der Waals surface area contributed by atoms with Crippen LogP contribution in [0.4, 0.5) is 0 Å². The van der Waals surface area contributed by atoms with E-state index in [0.717, 1.165) is 43.7 Å². The van der Waals surface area contributed by atoms with Gasteiger partial charge in [-0.15, -0.1) is 11.3 Å². The number of thiophene rings is 1. The van der Waals surface area contributed by atoms with E-state index in [4.69, 9.17) is 10.5 Å². The highest BCUT2D eigenvalue weighted by Gasteiger charge is 2.29. The molecule has 7 heteroatoms. The summed E-state index contributed by atoms with van der Waals surface area (Å²) in [5, 5.41) is 2.04. The Morgan fingerprint density at radius 3 is 3.04 bits per heavy atom. The van der Waals surface area contributed by atoms with Gasteiger partial charge in [-0.2, -0.15) is 0 Å². The molecule has 0 bridgehead atoms. The minimum absolute atomic E-state index is 0.0470. The molecule has 0 radical (unpaired) electrons. The van der Waals surface area contributed by atoms with Crippen molar-refractivity contribution >= 4 is 17.2 Å². The van der Waals surface area contributed by atoms with Crippen molar-refractivity contribution in [2.75, 3.05) is 32.8 Å². The van der Waals surface area contributed by atoms with E-state index in [-0.39, 0.29) is 12.0 Å². The standard InChI is InChI=1S/C21H28N4O2S/c1-2-15-3-4-16(23-10-15)11-24-6-5-18-19(14-28-20(18)13-24)21(26)25-7-8-27-17(9-22)12-25/h3-4,10,14,17H,2,5-9,11-13,22H2,1H3/t17-/m1/s1. The van der Waals surface area contributed by atoms with Crippen molar-refractivity contribution in [2.45, 2.75) is 39.0 Å². The minimum Gasteiger partial charge on any atom is -0.373 e. The molecule has 2 N–H and O–H groups in total. The molecule has 1 fully saturated rings. The zero-order valence-corrected chi connectivity index (χ0v) is 17.2. The fourth-order valence-electron chi connectivity index (χ4n) is 3.90. The van der Waals surface area contributed by atoms with Gasteiger partial charge in [0.25, 0.3) is 5.91 Å². The van der Waals surface area contributed by atoms with Crippen molar-refractivity contribution in [1.29, 1.82) is 0 Å². The first-order valence-corrected chi connectivity index (χ1v) is 10.9. The highest BCUT2D eigenvalue weighted by atomic mass is 32.1. The average molecular weight is 401 g/mol. The van der Waals surface area contributed by atoms with Crippen LogP contribution in [0, 0.1) is 0 Å². The van der Waals surface area contributed by atoms with E-state index in [1.165, 1.54) is 16.0 Å². The van der Waals surface area contributed by atoms with Gasteiger partial charge in [0.1, 0.15) is 0 Å². The van der Waals surface area contributed by atoms with Crippen molar-refractivity contribution in [3.63, 3.8) is 0 Å². The predicted octanol–water partition coefficient (Wildman–Crippen LogP) is 2.06. The lowest BCUT2D eigenvalue weighted by Crippen LogP contribution is -2.48. The monoisotopic (exact) mass is 400 g/mol. The van der Waals surface area contributed by atoms with E-state index in [2.05, 4.69) is 28.9 Å². The largest absolute Gasteiger partial charge is 0.373 e. The third kappa shape index (κ3) is 4.12. The van der Waals surface area contributed by atoms with Gasteiger partial charge in [0, 0.05) is 55.7 Å². The molecule has 2 aromatic rings. The molecule has 2 aromatic heterocycles. The number of aromatic nitrogens is 1. The van der Waals surface area contributed by atoms with E-state index < -0.39 is 0 Å². The molecule has 1 atom stereocenters. The van der Waals surface area contributed by atoms with Crippen molar-refractivity contribution in [3.8, 4) is 0 Å². The molecule has 6 nitrogen and oxygen atoms in total. The number of carbonyl (C=O) groups excluding carboxylic acids is 1. The molecule has 0 unspecified atom stereocenters. The number of amides is 1. The number of morpholine rings is 1. The van der Waals surface area contributed by atoms with E-state index in [0.29, 0.717) is 26.2 Å². The fourth-order valence-corrected chi connectivity index (χ4v) is 5.01. The van der Waals surface area contributed by atoms with E-state index in [1.54, 1.807) is 11.3 Å². The van der Waals surface area contributed by atoms with Crippen molar-refractivity contribution in [1.82, 2.24) is 14.8 Å². The van der Waals surface area contributed by atoms with Gasteiger partial charge in [-0.1, -0.05) is 13.0 Å². The highest BCUT2D eigenvalue weighted by Crippen LogP contribution is 2.30. The lowest BCUT2D eigenvalue weighted by Gasteiger charge is -2.33. The SMILES string of the molecule is CCc1ccc(CN2CCc3c(C(=O)N4CCO[C@H](CN)C4)csc3C2)nc1. The lowest BCUT2D eigenvalue weighted by atomic mass is 10.0. The molecule has 2 aliphatic heterocycles. The summed E-state index contributed by atoms with van der Waals surface area (Å²) in [7, 11) is 0. The Morgan fingerprint density at radius 2 is 2.29 bits per heavy atom. The second-order valence-electron chi connectivity index (χ2n) is 7.50. The van der Waals surface area contributed by atoms with Crippen LogP contribution in [0.3, 0.4) is 0 Å². The van der Waals surface area contributed by atoms with E-state index in [1.807, 2.05) is 16.5 Å². The van der Waals surface area contributed by atoms with Crippen LogP contribution in [0.25, 0.3) is 0 Å². The van der Waals surface area contributed by atoms with Crippen LogP contribution in [0.15, 0.2) is 23.7 Å². The van der Waals surface area contributed by atoms with Crippen LogP contribution < -0.4 is 5.73 Å². The molecular formula is C21H28N4O2S. The molecule has 0 aromatic carbocycles. The van der Waals surface area contributed by atoms with Crippen LogP contribution in [-0.4, -0.2) is 59.6 Å². The second kappa shape index (κ2) is 8.69. The molecule has 0 spiro atoms. The Hall–Kier alpha value is -1.80. The Bertz CT molecular complexity index is 820. The van der Waals surface area contributed by atoms with Gasteiger partial charge in [0.15, 0.2) is 0 Å². The summed E-state index contributed by atoms with van der Waals surface area (Å²) >= 11 is 1.71. The van der Waals surface area contributed by atoms with Crippen molar-refractivity contribution in [3.05, 3.63) is 51.0 Å². The van der Waals surface area contributed by atoms with Crippen LogP contribution in [0.5, 0.6) is 0 Å². The molecular weight excluding hydrogens is 372 g/mol. The second-order valence-corrected chi connectivity index (χ2v) is 8.47. The highest BCUT2D eigenvalue weighted by molar-refractivity contribution is 7.10. The maximum atomic E-state index is 13.0. The number of nitrogens with two attached hydrogens (primary N) is 1. The summed E-state index contributed by atoms with van der Waals surface area (Å²) in [6.45, 7) is 7.09. The number of fused-ring (bicyclic) bond motifs is 1. The molecule has 1 saturated heterocycles. The number of pyridine rings is 1. The van der Waals surface area contributed by atoms with Crippen LogP contribution >= 0.6 is 11.3 Å². The zero-order valence-electron chi connectivity index (χ0n) is 16.4. The number of hydrogen-bond acceptors (Lipinski definition) is 6. The van der Waals surface area contributed by atoms with Gasteiger partial charge in [-0.05, 0) is 30.0 Å². The molecule has 0 saturated carbocycles. The van der Waals surface area contributed by atoms with Crippen LogP contribution in [0.1, 0.15) is 39.0 Å². The number of ether oxygens (including phenoxy) is 1. The normalized spacial score (nSPS) is 20.2. The van der Waals surface area contributed by atoms with Gasteiger partial charge in [-0.25, -0.2) is 0 Å². The lowest BCUT2D eigenvalue weighted by molar-refractivity contribution is -0.0167. The van der Waals surface area contributed by atoms with Gasteiger partial charge in [0.05, 0.1) is 24.0 Å². The summed E-state index contributed by atoms with van der Waals surface area (Å²) in [5.41, 5.74) is 10.2. The molecule has 4 rings (SSSR count). The van der Waals surface area contributed by atoms with Crippen molar-refractivity contribution in [2.24, 2.45) is 5.73 Å². The maximum absolute atomic E-state index is 13.0. The Kier molecular flexibility index (Phi) is 6.06. The number of hydrogen-bond donors (Lipinski definition) is 1. The Labute approximate surface area is 170 Å². The summed E-state index contributed by atoms with van der Waals surface area (Å²) in [6.07, 6.45) is 3.86. The summed E-state index contributed by atoms with van der Waals surface area (Å²) in [6, 6.07) is 4.29.